The summed E-state index contributed by atoms with van der Waals surface area (Å²) >= 11 is 7.33. The molecule has 0 aliphatic heterocycles. The summed E-state index contributed by atoms with van der Waals surface area (Å²) in [5, 5.41) is 3.60. The average Bonchev–Trinajstić information content (AvgIpc) is 2.03. The predicted octanol–water partition coefficient (Wildman–Crippen LogP) is 3.01. The van der Waals surface area contributed by atoms with E-state index in [9.17, 15) is 0 Å². The second-order valence-corrected chi connectivity index (χ2v) is 2.93. The van der Waals surface area contributed by atoms with Gasteiger partial charge in [0.1, 0.15) is 0 Å². The van der Waals surface area contributed by atoms with Gasteiger partial charge >= 0.3 is 0 Å². The molecule has 0 N–H and O–H groups in total. The van der Waals surface area contributed by atoms with Crippen molar-refractivity contribution in [2.45, 2.75) is 0 Å². The van der Waals surface area contributed by atoms with Crippen LogP contribution in [0.3, 0.4) is 0 Å². The summed E-state index contributed by atoms with van der Waals surface area (Å²) in [6.45, 7) is 0. The Hall–Kier alpha value is -0.580. The van der Waals surface area contributed by atoms with E-state index in [1.165, 1.54) is 11.8 Å². The molecular weight excluding hydrogens is 176 g/mol. The Morgan fingerprint density at radius 1 is 1.36 bits per heavy atom. The number of rotatable bonds is 0. The highest BCUT2D eigenvalue weighted by atomic mass is 35.5. The molecule has 56 valence electrons. The van der Waals surface area contributed by atoms with Crippen LogP contribution in [0, 0.1) is 11.2 Å². The van der Waals surface area contributed by atoms with Gasteiger partial charge in [-0.2, -0.15) is 0 Å². The van der Waals surface area contributed by atoms with Crippen LogP contribution < -0.4 is 0 Å². The fourth-order valence-electron chi connectivity index (χ4n) is 0.669. The Balaban J connectivity index is 2.95. The van der Waals surface area contributed by atoms with E-state index >= 15 is 0 Å². The lowest BCUT2D eigenvalue weighted by atomic mass is 10.2. The van der Waals surface area contributed by atoms with Crippen LogP contribution in [-0.4, -0.2) is 6.26 Å². The average molecular weight is 183 g/mol. The predicted molar refractivity (Wildman–Crippen MR) is 51.8 cm³/mol. The van der Waals surface area contributed by atoms with Crippen molar-refractivity contribution in [3.63, 3.8) is 0 Å². The molecule has 0 unspecified atom stereocenters. The quantitative estimate of drug-likeness (QED) is 0.556. The second kappa shape index (κ2) is 4.33. The van der Waals surface area contributed by atoms with Gasteiger partial charge in [0.05, 0.1) is 5.02 Å². The molecular formula is C9H7ClS. The molecule has 0 aliphatic rings. The van der Waals surface area contributed by atoms with Gasteiger partial charge in [0.15, 0.2) is 0 Å². The lowest BCUT2D eigenvalue weighted by Gasteiger charge is -1.91. The zero-order valence-corrected chi connectivity index (χ0v) is 7.67. The smallest absolute Gasteiger partial charge is 0.0562 e. The molecule has 2 heteroatoms. The number of hydrogen-bond donors (Lipinski definition) is 0. The maximum absolute atomic E-state index is 5.85. The zero-order valence-electron chi connectivity index (χ0n) is 6.10. The Kier molecular flexibility index (Phi) is 3.35. The van der Waals surface area contributed by atoms with E-state index < -0.39 is 0 Å². The van der Waals surface area contributed by atoms with Gasteiger partial charge in [-0.15, -0.1) is 0 Å². The molecule has 0 fully saturated rings. The molecule has 0 spiro atoms. The van der Waals surface area contributed by atoms with Crippen molar-refractivity contribution in [3.8, 4) is 11.2 Å². The fourth-order valence-corrected chi connectivity index (χ4v) is 1.06. The zero-order chi connectivity index (χ0) is 8.10. The molecule has 0 atom stereocenters. The summed E-state index contributed by atoms with van der Waals surface area (Å²) in [7, 11) is 0. The fraction of sp³-hybridized carbons (Fsp3) is 0.111. The highest BCUT2D eigenvalue weighted by molar-refractivity contribution is 8.03. The van der Waals surface area contributed by atoms with Crippen LogP contribution in [0.5, 0.6) is 0 Å². The van der Waals surface area contributed by atoms with E-state index in [2.05, 4.69) is 11.2 Å². The molecule has 1 aromatic rings. The minimum Gasteiger partial charge on any atom is -0.0830 e. The Labute approximate surface area is 76.0 Å². The summed E-state index contributed by atoms with van der Waals surface area (Å²) in [6.07, 6.45) is 1.93. The molecule has 0 nitrogen and oxygen atoms in total. The van der Waals surface area contributed by atoms with Gasteiger partial charge in [-0.05, 0) is 23.6 Å². The molecule has 0 amide bonds. The van der Waals surface area contributed by atoms with Gasteiger partial charge in [-0.1, -0.05) is 41.4 Å². The number of thioether (sulfide) groups is 1. The van der Waals surface area contributed by atoms with Crippen molar-refractivity contribution in [2.75, 3.05) is 6.26 Å². The molecule has 0 saturated heterocycles. The third-order valence-electron chi connectivity index (χ3n) is 1.16. The maximum Gasteiger partial charge on any atom is 0.0562 e. The first kappa shape index (κ1) is 8.52. The molecule has 11 heavy (non-hydrogen) atoms. The van der Waals surface area contributed by atoms with Crippen LogP contribution in [-0.2, 0) is 0 Å². The molecule has 0 bridgehead atoms. The molecule has 1 rings (SSSR count). The van der Waals surface area contributed by atoms with E-state index in [1.807, 2.05) is 30.5 Å². The van der Waals surface area contributed by atoms with E-state index in [0.717, 1.165) is 5.56 Å². The number of benzene rings is 1. The van der Waals surface area contributed by atoms with Crippen LogP contribution >= 0.6 is 23.4 Å². The van der Waals surface area contributed by atoms with Crippen LogP contribution in [0.1, 0.15) is 5.56 Å². The van der Waals surface area contributed by atoms with Crippen molar-refractivity contribution in [1.29, 1.82) is 0 Å². The van der Waals surface area contributed by atoms with Crippen molar-refractivity contribution in [3.05, 3.63) is 34.9 Å². The van der Waals surface area contributed by atoms with E-state index in [-0.39, 0.29) is 0 Å². The minimum atomic E-state index is 0.717. The lowest BCUT2D eigenvalue weighted by molar-refractivity contribution is 1.65. The lowest BCUT2D eigenvalue weighted by Crippen LogP contribution is -1.73. The normalized spacial score (nSPS) is 8.55. The van der Waals surface area contributed by atoms with E-state index in [1.54, 1.807) is 0 Å². The summed E-state index contributed by atoms with van der Waals surface area (Å²) in [5.41, 5.74) is 0.892. The molecule has 0 heterocycles. The standard InChI is InChI=1S/C9H7ClS/c1-11-7-6-8-4-2-3-5-9(8)10/h2-5H,1H3. The third-order valence-corrected chi connectivity index (χ3v) is 1.80. The van der Waals surface area contributed by atoms with Crippen molar-refractivity contribution >= 4 is 23.4 Å². The van der Waals surface area contributed by atoms with Gasteiger partial charge in [-0.25, -0.2) is 0 Å². The maximum atomic E-state index is 5.85. The Morgan fingerprint density at radius 3 is 2.73 bits per heavy atom. The van der Waals surface area contributed by atoms with Gasteiger partial charge in [0.25, 0.3) is 0 Å². The van der Waals surface area contributed by atoms with E-state index in [4.69, 9.17) is 11.6 Å². The topological polar surface area (TPSA) is 0 Å². The summed E-state index contributed by atoms with van der Waals surface area (Å²) < 4.78 is 0. The first-order chi connectivity index (χ1) is 5.34. The van der Waals surface area contributed by atoms with Crippen LogP contribution in [0.4, 0.5) is 0 Å². The molecule has 0 aromatic heterocycles. The minimum absolute atomic E-state index is 0.717. The monoisotopic (exact) mass is 182 g/mol. The van der Waals surface area contributed by atoms with Gasteiger partial charge < -0.3 is 0 Å². The largest absolute Gasteiger partial charge is 0.0830 e. The molecule has 0 aliphatic carbocycles. The van der Waals surface area contributed by atoms with E-state index in [0.29, 0.717) is 5.02 Å². The van der Waals surface area contributed by atoms with Gasteiger partial charge in [0, 0.05) is 5.56 Å². The van der Waals surface area contributed by atoms with Crippen LogP contribution in [0.15, 0.2) is 24.3 Å². The SMILES string of the molecule is CSC#Cc1ccccc1Cl. The molecule has 0 saturated carbocycles. The van der Waals surface area contributed by atoms with Crippen molar-refractivity contribution in [2.24, 2.45) is 0 Å². The molecule has 1 aromatic carbocycles. The Bertz CT molecular complexity index is 296. The van der Waals surface area contributed by atoms with Crippen LogP contribution in [0.25, 0.3) is 0 Å². The highest BCUT2D eigenvalue weighted by Gasteiger charge is 1.91. The van der Waals surface area contributed by atoms with Gasteiger partial charge in [-0.3, -0.25) is 0 Å². The number of hydrogen-bond acceptors (Lipinski definition) is 1. The number of halogens is 1. The van der Waals surface area contributed by atoms with Crippen molar-refractivity contribution < 1.29 is 0 Å². The summed E-state index contributed by atoms with van der Waals surface area (Å²) in [6, 6.07) is 7.57. The summed E-state index contributed by atoms with van der Waals surface area (Å²) in [4.78, 5) is 0. The second-order valence-electron chi connectivity index (χ2n) is 1.91. The highest BCUT2D eigenvalue weighted by Crippen LogP contribution is 2.13. The Morgan fingerprint density at radius 2 is 2.09 bits per heavy atom. The first-order valence-electron chi connectivity index (χ1n) is 3.13. The van der Waals surface area contributed by atoms with Gasteiger partial charge in [0.2, 0.25) is 0 Å². The molecule has 0 radical (unpaired) electrons. The van der Waals surface area contributed by atoms with Crippen LogP contribution in [0.2, 0.25) is 5.02 Å². The first-order valence-corrected chi connectivity index (χ1v) is 4.73. The van der Waals surface area contributed by atoms with Crippen molar-refractivity contribution in [1.82, 2.24) is 0 Å². The summed E-state index contributed by atoms with van der Waals surface area (Å²) in [5.74, 6) is 2.94. The third kappa shape index (κ3) is 2.49.